The van der Waals surface area contributed by atoms with Gasteiger partial charge in [-0.1, -0.05) is 0 Å². The van der Waals surface area contributed by atoms with Gasteiger partial charge < -0.3 is 11.5 Å². The largest absolute Gasteiger partial charge is 0.395 e. The van der Waals surface area contributed by atoms with Crippen LogP contribution in [-0.2, 0) is 4.79 Å². The van der Waals surface area contributed by atoms with Gasteiger partial charge in [-0.3, -0.25) is 10.2 Å². The molecule has 0 radical (unpaired) electrons. The first-order valence-electron chi connectivity index (χ1n) is 3.21. The van der Waals surface area contributed by atoms with Crippen molar-refractivity contribution in [3.63, 3.8) is 0 Å². The number of hydrogen-bond donors (Lipinski definition) is 3. The van der Waals surface area contributed by atoms with Crippen LogP contribution in [0, 0.1) is 5.41 Å². The number of amides is 1. The lowest BCUT2D eigenvalue weighted by atomic mass is 10.2. The summed E-state index contributed by atoms with van der Waals surface area (Å²) in [5, 5.41) is 7.14. The quantitative estimate of drug-likeness (QED) is 0.469. The number of carbonyl (C=O) groups excluding carboxylic acids is 1. The number of nitrogens with two attached hydrogens (primary N) is 2. The first kappa shape index (κ1) is 8.19. The van der Waals surface area contributed by atoms with Crippen molar-refractivity contribution in [3.05, 3.63) is 23.4 Å². The van der Waals surface area contributed by atoms with E-state index in [1.165, 1.54) is 18.4 Å². The summed E-state index contributed by atoms with van der Waals surface area (Å²) in [4.78, 5) is 14.0. The standard InChI is InChI=1S/C7H8N4O/c8-5(12)2-1-4-3-11-7(10)6(4)9/h1-3H,(H2,8,12)(H3,9,10,11)/b2-1+. The third-order valence-corrected chi connectivity index (χ3v) is 1.33. The Morgan fingerprint density at radius 3 is 2.75 bits per heavy atom. The summed E-state index contributed by atoms with van der Waals surface area (Å²) >= 11 is 0. The Balaban J connectivity index is 2.84. The molecule has 0 aromatic heterocycles. The second kappa shape index (κ2) is 3.00. The van der Waals surface area contributed by atoms with Crippen molar-refractivity contribution in [2.45, 2.75) is 0 Å². The van der Waals surface area contributed by atoms with E-state index < -0.39 is 5.91 Å². The Kier molecular flexibility index (Phi) is 2.05. The van der Waals surface area contributed by atoms with Crippen LogP contribution in [0.3, 0.4) is 0 Å². The van der Waals surface area contributed by atoms with Crippen molar-refractivity contribution in [3.8, 4) is 0 Å². The highest BCUT2D eigenvalue weighted by atomic mass is 16.1. The number of primary amides is 1. The van der Waals surface area contributed by atoms with Gasteiger partial charge in [-0.15, -0.1) is 0 Å². The monoisotopic (exact) mass is 164 g/mol. The van der Waals surface area contributed by atoms with Gasteiger partial charge >= 0.3 is 0 Å². The topological polar surface area (TPSA) is 105 Å². The van der Waals surface area contributed by atoms with Crippen molar-refractivity contribution >= 4 is 18.0 Å². The Hall–Kier alpha value is -1.91. The molecule has 0 spiro atoms. The van der Waals surface area contributed by atoms with Crippen LogP contribution in [0.1, 0.15) is 0 Å². The molecule has 5 heteroatoms. The van der Waals surface area contributed by atoms with E-state index in [-0.39, 0.29) is 11.5 Å². The molecule has 0 aromatic carbocycles. The molecule has 0 aliphatic carbocycles. The smallest absolute Gasteiger partial charge is 0.241 e. The minimum atomic E-state index is -0.554. The van der Waals surface area contributed by atoms with Gasteiger partial charge in [-0.2, -0.15) is 0 Å². The van der Waals surface area contributed by atoms with Gasteiger partial charge in [0, 0.05) is 17.9 Å². The van der Waals surface area contributed by atoms with E-state index in [0.29, 0.717) is 5.57 Å². The first-order valence-corrected chi connectivity index (χ1v) is 3.21. The molecule has 0 unspecified atom stereocenters. The summed E-state index contributed by atoms with van der Waals surface area (Å²) in [6, 6.07) is 0. The molecular weight excluding hydrogens is 156 g/mol. The summed E-state index contributed by atoms with van der Waals surface area (Å²) in [6.45, 7) is 0. The predicted octanol–water partition coefficient (Wildman–Crippen LogP) is -0.698. The molecule has 0 aromatic rings. The van der Waals surface area contributed by atoms with Crippen LogP contribution in [-0.4, -0.2) is 18.0 Å². The third kappa shape index (κ3) is 1.57. The van der Waals surface area contributed by atoms with E-state index >= 15 is 0 Å². The molecule has 0 atom stereocenters. The van der Waals surface area contributed by atoms with Gasteiger partial charge in [0.15, 0.2) is 5.84 Å². The van der Waals surface area contributed by atoms with Gasteiger partial charge in [-0.05, 0) is 6.08 Å². The fourth-order valence-corrected chi connectivity index (χ4v) is 0.715. The maximum absolute atomic E-state index is 10.3. The second-order valence-corrected chi connectivity index (χ2v) is 2.21. The molecular formula is C7H8N4O. The molecule has 1 aliphatic heterocycles. The van der Waals surface area contributed by atoms with Gasteiger partial charge in [-0.25, -0.2) is 4.99 Å². The molecule has 1 aliphatic rings. The zero-order valence-electron chi connectivity index (χ0n) is 6.24. The third-order valence-electron chi connectivity index (χ3n) is 1.33. The van der Waals surface area contributed by atoms with E-state index in [4.69, 9.17) is 16.9 Å². The van der Waals surface area contributed by atoms with Gasteiger partial charge in [0.2, 0.25) is 5.91 Å². The summed E-state index contributed by atoms with van der Waals surface area (Å²) < 4.78 is 0. The number of hydrogen-bond acceptors (Lipinski definition) is 3. The predicted molar refractivity (Wildman–Crippen MR) is 45.8 cm³/mol. The van der Waals surface area contributed by atoms with Crippen LogP contribution >= 0.6 is 0 Å². The average molecular weight is 164 g/mol. The van der Waals surface area contributed by atoms with Crippen LogP contribution in [0.5, 0.6) is 0 Å². The highest BCUT2D eigenvalue weighted by Gasteiger charge is 2.09. The van der Waals surface area contributed by atoms with Crippen molar-refractivity contribution in [1.82, 2.24) is 0 Å². The first-order chi connectivity index (χ1) is 5.61. The van der Waals surface area contributed by atoms with Gasteiger partial charge in [0.1, 0.15) is 0 Å². The lowest BCUT2D eigenvalue weighted by Gasteiger charge is -1.91. The Labute approximate surface area is 69.0 Å². The second-order valence-electron chi connectivity index (χ2n) is 2.21. The van der Waals surface area contributed by atoms with Crippen molar-refractivity contribution < 1.29 is 4.79 Å². The number of carbonyl (C=O) groups is 1. The Morgan fingerprint density at radius 2 is 2.33 bits per heavy atom. The molecule has 62 valence electrons. The molecule has 12 heavy (non-hydrogen) atoms. The number of rotatable bonds is 2. The molecule has 5 N–H and O–H groups in total. The summed E-state index contributed by atoms with van der Waals surface area (Å²) in [6.07, 6.45) is 4.02. The van der Waals surface area contributed by atoms with E-state index in [1.807, 2.05) is 0 Å². The van der Waals surface area contributed by atoms with Crippen LogP contribution in [0.4, 0.5) is 0 Å². The summed E-state index contributed by atoms with van der Waals surface area (Å²) in [5.74, 6) is -0.541. The highest BCUT2D eigenvalue weighted by Crippen LogP contribution is 2.07. The van der Waals surface area contributed by atoms with Crippen molar-refractivity contribution in [2.24, 2.45) is 16.5 Å². The maximum Gasteiger partial charge on any atom is 0.241 e. The Bertz CT molecular complexity index is 324. The fourth-order valence-electron chi connectivity index (χ4n) is 0.715. The van der Waals surface area contributed by atoms with Crippen LogP contribution in [0.25, 0.3) is 0 Å². The van der Waals surface area contributed by atoms with Crippen molar-refractivity contribution in [1.29, 1.82) is 5.41 Å². The zero-order valence-corrected chi connectivity index (χ0v) is 6.24. The minimum Gasteiger partial charge on any atom is -0.395 e. The zero-order chi connectivity index (χ0) is 9.14. The van der Waals surface area contributed by atoms with Crippen molar-refractivity contribution in [2.75, 3.05) is 0 Å². The lowest BCUT2D eigenvalue weighted by Crippen LogP contribution is -2.07. The summed E-state index contributed by atoms with van der Waals surface area (Å²) in [7, 11) is 0. The number of amidine groups is 1. The lowest BCUT2D eigenvalue weighted by molar-refractivity contribution is -0.113. The SMILES string of the molecule is N=C1N=CC(/C=C/C(N)=O)=C1N. The highest BCUT2D eigenvalue weighted by molar-refractivity contribution is 6.13. The molecule has 0 saturated carbocycles. The number of nitrogens with one attached hydrogen (secondary N) is 1. The minimum absolute atomic E-state index is 0.0131. The molecule has 0 saturated heterocycles. The van der Waals surface area contributed by atoms with E-state index in [2.05, 4.69) is 4.99 Å². The molecule has 1 amide bonds. The van der Waals surface area contributed by atoms with E-state index in [9.17, 15) is 4.79 Å². The van der Waals surface area contributed by atoms with Crippen LogP contribution in [0.15, 0.2) is 28.4 Å². The average Bonchev–Trinajstić information content (AvgIpc) is 2.30. The van der Waals surface area contributed by atoms with Gasteiger partial charge in [0.25, 0.3) is 0 Å². The molecule has 1 heterocycles. The number of allylic oxidation sites excluding steroid dienone is 2. The summed E-state index contributed by atoms with van der Waals surface area (Å²) in [5.41, 5.74) is 11.1. The molecule has 0 fully saturated rings. The van der Waals surface area contributed by atoms with Gasteiger partial charge in [0.05, 0.1) is 5.70 Å². The van der Waals surface area contributed by atoms with E-state index in [1.54, 1.807) is 0 Å². The maximum atomic E-state index is 10.3. The van der Waals surface area contributed by atoms with E-state index in [0.717, 1.165) is 0 Å². The Morgan fingerprint density at radius 1 is 1.67 bits per heavy atom. The molecule has 1 rings (SSSR count). The fraction of sp³-hybridized carbons (Fsp3) is 0. The number of nitrogens with zero attached hydrogens (tertiary/aromatic N) is 1. The normalized spacial score (nSPS) is 16.5. The number of aliphatic imine (C=N–C) groups is 1. The molecule has 5 nitrogen and oxygen atoms in total. The molecule has 0 bridgehead atoms. The van der Waals surface area contributed by atoms with Crippen LogP contribution in [0.2, 0.25) is 0 Å². The van der Waals surface area contributed by atoms with Crippen LogP contribution < -0.4 is 11.5 Å².